The zero-order valence-electron chi connectivity index (χ0n) is 17.0. The summed E-state index contributed by atoms with van der Waals surface area (Å²) in [6, 6.07) is 0. The first kappa shape index (κ1) is 23.4. The molecule has 0 saturated heterocycles. The summed E-state index contributed by atoms with van der Waals surface area (Å²) in [4.78, 5) is 22.6. The molecular formula is C20H33N3O6. The first-order chi connectivity index (χ1) is 14.2. The quantitative estimate of drug-likeness (QED) is 0.126. The normalized spacial score (nSPS) is 22.3. The fourth-order valence-electron chi connectivity index (χ4n) is 3.52. The first-order valence-corrected chi connectivity index (χ1v) is 10.3. The van der Waals surface area contributed by atoms with Crippen LogP contribution in [0.1, 0.15) is 32.1 Å². The molecule has 2 atom stereocenters. The fraction of sp³-hybridized carbons (Fsp3) is 0.800. The Balaban J connectivity index is 1.33. The van der Waals surface area contributed by atoms with E-state index in [1.165, 1.54) is 0 Å². The van der Waals surface area contributed by atoms with Gasteiger partial charge in [-0.15, -0.1) is 11.8 Å². The van der Waals surface area contributed by atoms with Crippen LogP contribution in [0.25, 0.3) is 0 Å². The molecule has 0 aromatic heterocycles. The van der Waals surface area contributed by atoms with E-state index < -0.39 is 0 Å². The molecule has 1 saturated carbocycles. The number of ether oxygens (including phenoxy) is 4. The standard InChI is InChI=1S/C20H33N3O6/c21-23-19(24)15-28-13-12-27-11-10-26-9-5-8-22-20(25)29-14-18-16-6-3-1-2-4-7-17(16)18/h16-18H,3-15,21H2,(H,22,25)(H,23,24). The van der Waals surface area contributed by atoms with E-state index in [9.17, 15) is 9.59 Å². The molecule has 2 rings (SSSR count). The van der Waals surface area contributed by atoms with Crippen LogP contribution in [0.15, 0.2) is 0 Å². The minimum Gasteiger partial charge on any atom is -0.449 e. The Morgan fingerprint density at radius 2 is 1.55 bits per heavy atom. The molecule has 0 radical (unpaired) electrons. The molecule has 9 heteroatoms. The van der Waals surface area contributed by atoms with Gasteiger partial charge in [-0.05, 0) is 37.0 Å². The average molecular weight is 411 g/mol. The van der Waals surface area contributed by atoms with Gasteiger partial charge in [0.2, 0.25) is 0 Å². The number of hydrogen-bond acceptors (Lipinski definition) is 7. The highest BCUT2D eigenvalue weighted by Crippen LogP contribution is 2.52. The number of hydrogen-bond donors (Lipinski definition) is 3. The fourth-order valence-corrected chi connectivity index (χ4v) is 3.52. The van der Waals surface area contributed by atoms with Gasteiger partial charge in [-0.2, -0.15) is 0 Å². The second-order valence-electron chi connectivity index (χ2n) is 7.15. The molecule has 2 amide bonds. The molecule has 0 heterocycles. The third kappa shape index (κ3) is 9.94. The van der Waals surface area contributed by atoms with E-state index in [1.54, 1.807) is 0 Å². The van der Waals surface area contributed by atoms with Gasteiger partial charge < -0.3 is 24.3 Å². The van der Waals surface area contributed by atoms with Crippen molar-refractivity contribution in [2.24, 2.45) is 23.6 Å². The van der Waals surface area contributed by atoms with Crippen molar-refractivity contribution in [1.82, 2.24) is 10.7 Å². The maximum Gasteiger partial charge on any atom is 0.407 e. The highest BCUT2D eigenvalue weighted by Gasteiger charge is 2.49. The summed E-state index contributed by atoms with van der Waals surface area (Å²) < 4.78 is 21.1. The number of carbonyl (C=O) groups is 2. The Bertz CT molecular complexity index is 544. The lowest BCUT2D eigenvalue weighted by atomic mass is 10.1. The number of hydrazine groups is 1. The van der Waals surface area contributed by atoms with Gasteiger partial charge in [0.15, 0.2) is 0 Å². The number of fused-ring (bicyclic) bond motifs is 1. The van der Waals surface area contributed by atoms with Crippen LogP contribution in [-0.4, -0.2) is 64.8 Å². The van der Waals surface area contributed by atoms with Crippen LogP contribution in [0.2, 0.25) is 0 Å². The third-order valence-corrected chi connectivity index (χ3v) is 5.12. The van der Waals surface area contributed by atoms with E-state index >= 15 is 0 Å². The number of rotatable bonds is 14. The molecule has 0 aromatic rings. The van der Waals surface area contributed by atoms with Crippen LogP contribution in [0.5, 0.6) is 0 Å². The largest absolute Gasteiger partial charge is 0.449 e. The van der Waals surface area contributed by atoms with E-state index in [4.69, 9.17) is 24.8 Å². The van der Waals surface area contributed by atoms with Gasteiger partial charge in [-0.3, -0.25) is 10.2 Å². The van der Waals surface area contributed by atoms with Crippen LogP contribution in [0.4, 0.5) is 4.79 Å². The van der Waals surface area contributed by atoms with Gasteiger partial charge in [-0.1, -0.05) is 0 Å². The summed E-state index contributed by atoms with van der Waals surface area (Å²) in [5.74, 6) is 12.8. The Labute approximate surface area is 172 Å². The molecule has 2 aliphatic carbocycles. The number of amides is 2. The van der Waals surface area contributed by atoms with Crippen LogP contribution in [0.3, 0.4) is 0 Å². The smallest absolute Gasteiger partial charge is 0.407 e. The number of carbonyl (C=O) groups excluding carboxylic acids is 2. The van der Waals surface area contributed by atoms with E-state index in [-0.39, 0.29) is 18.6 Å². The van der Waals surface area contributed by atoms with Gasteiger partial charge >= 0.3 is 6.09 Å². The van der Waals surface area contributed by atoms with E-state index in [2.05, 4.69) is 17.2 Å². The lowest BCUT2D eigenvalue weighted by molar-refractivity contribution is -0.126. The molecular weight excluding hydrogens is 378 g/mol. The van der Waals surface area contributed by atoms with Crippen molar-refractivity contribution in [3.8, 4) is 11.8 Å². The molecule has 2 unspecified atom stereocenters. The minimum atomic E-state index is -0.378. The average Bonchev–Trinajstić information content (AvgIpc) is 3.35. The van der Waals surface area contributed by atoms with Crippen LogP contribution in [0, 0.1) is 29.6 Å². The van der Waals surface area contributed by atoms with Crippen LogP contribution < -0.4 is 16.6 Å². The second-order valence-corrected chi connectivity index (χ2v) is 7.15. The number of nitrogens with two attached hydrogens (primary N) is 1. The van der Waals surface area contributed by atoms with Gasteiger partial charge in [0.25, 0.3) is 5.91 Å². The van der Waals surface area contributed by atoms with Crippen molar-refractivity contribution < 1.29 is 28.5 Å². The maximum atomic E-state index is 11.8. The van der Waals surface area contributed by atoms with Crippen molar-refractivity contribution in [3.05, 3.63) is 0 Å². The molecule has 2 aliphatic rings. The van der Waals surface area contributed by atoms with Gasteiger partial charge in [-0.25, -0.2) is 10.6 Å². The Kier molecular flexibility index (Phi) is 11.4. The Morgan fingerprint density at radius 1 is 0.931 bits per heavy atom. The van der Waals surface area contributed by atoms with E-state index in [1.807, 2.05) is 5.43 Å². The van der Waals surface area contributed by atoms with Crippen LogP contribution >= 0.6 is 0 Å². The van der Waals surface area contributed by atoms with Crippen molar-refractivity contribution in [3.63, 3.8) is 0 Å². The Hall–Kier alpha value is -1.86. The van der Waals surface area contributed by atoms with Crippen molar-refractivity contribution >= 4 is 12.0 Å². The van der Waals surface area contributed by atoms with Crippen molar-refractivity contribution in [2.75, 3.05) is 52.8 Å². The van der Waals surface area contributed by atoms with Crippen molar-refractivity contribution in [1.29, 1.82) is 0 Å². The van der Waals surface area contributed by atoms with Crippen molar-refractivity contribution in [2.45, 2.75) is 32.1 Å². The van der Waals surface area contributed by atoms with Gasteiger partial charge in [0.05, 0.1) is 33.0 Å². The predicted octanol–water partition coefficient (Wildman–Crippen LogP) is 0.582. The lowest BCUT2D eigenvalue weighted by Gasteiger charge is -2.08. The second kappa shape index (κ2) is 14.2. The highest BCUT2D eigenvalue weighted by molar-refractivity contribution is 5.76. The molecule has 0 bridgehead atoms. The molecule has 4 N–H and O–H groups in total. The monoisotopic (exact) mass is 411 g/mol. The minimum absolute atomic E-state index is 0.0808. The summed E-state index contributed by atoms with van der Waals surface area (Å²) in [5, 5.41) is 2.76. The van der Waals surface area contributed by atoms with E-state index in [0.29, 0.717) is 70.4 Å². The maximum absolute atomic E-state index is 11.8. The van der Waals surface area contributed by atoms with Gasteiger partial charge in [0.1, 0.15) is 6.61 Å². The SMILES string of the molecule is NNC(=O)COCCOCCOCCCNC(=O)OCC1C2CCC#CCCC21. The zero-order valence-corrected chi connectivity index (χ0v) is 17.0. The molecule has 164 valence electrons. The first-order valence-electron chi connectivity index (χ1n) is 10.3. The lowest BCUT2D eigenvalue weighted by Crippen LogP contribution is -2.33. The number of alkyl carbamates (subject to hydrolysis) is 1. The summed E-state index contributed by atoms with van der Waals surface area (Å²) in [5.41, 5.74) is 1.97. The summed E-state index contributed by atoms with van der Waals surface area (Å²) in [6.45, 7) is 3.07. The topological polar surface area (TPSA) is 121 Å². The molecule has 0 spiro atoms. The molecule has 0 aliphatic heterocycles. The molecule has 9 nitrogen and oxygen atoms in total. The summed E-state index contributed by atoms with van der Waals surface area (Å²) in [6.07, 6.45) is 4.55. The summed E-state index contributed by atoms with van der Waals surface area (Å²) in [7, 11) is 0. The van der Waals surface area contributed by atoms with Gasteiger partial charge in [0, 0.05) is 26.0 Å². The zero-order chi connectivity index (χ0) is 20.7. The van der Waals surface area contributed by atoms with E-state index in [0.717, 1.165) is 25.7 Å². The molecule has 1 fully saturated rings. The summed E-state index contributed by atoms with van der Waals surface area (Å²) >= 11 is 0. The molecule has 29 heavy (non-hydrogen) atoms. The number of nitrogens with one attached hydrogen (secondary N) is 2. The van der Waals surface area contributed by atoms with Crippen LogP contribution in [-0.2, 0) is 23.7 Å². The molecule has 0 aromatic carbocycles. The third-order valence-electron chi connectivity index (χ3n) is 5.12. The Morgan fingerprint density at radius 3 is 2.21 bits per heavy atom. The highest BCUT2D eigenvalue weighted by atomic mass is 16.6. The predicted molar refractivity (Wildman–Crippen MR) is 105 cm³/mol.